The van der Waals surface area contributed by atoms with E-state index in [0.717, 1.165) is 10.0 Å². The molecule has 0 radical (unpaired) electrons. The third-order valence-electron chi connectivity index (χ3n) is 2.31. The standard InChI is InChI=1S/C12H17BrN2O3S/c1-8(2)15-12(16)7-14-19(17,18)10-4-5-11(13)9(3)6-10/h4-6,8,14H,7H2,1-3H3,(H,15,16). The molecule has 0 aliphatic carbocycles. The summed E-state index contributed by atoms with van der Waals surface area (Å²) in [7, 11) is -3.66. The van der Waals surface area contributed by atoms with Gasteiger partial charge in [0.1, 0.15) is 0 Å². The lowest BCUT2D eigenvalue weighted by Gasteiger charge is -2.10. The molecule has 106 valence electrons. The second kappa shape index (κ2) is 6.49. The first-order valence-electron chi connectivity index (χ1n) is 5.77. The number of carbonyl (C=O) groups is 1. The van der Waals surface area contributed by atoms with E-state index in [1.807, 2.05) is 13.8 Å². The highest BCUT2D eigenvalue weighted by molar-refractivity contribution is 9.10. The molecule has 0 unspecified atom stereocenters. The lowest BCUT2D eigenvalue weighted by molar-refractivity contribution is -0.120. The van der Waals surface area contributed by atoms with Crippen molar-refractivity contribution in [1.29, 1.82) is 0 Å². The Morgan fingerprint density at radius 1 is 1.37 bits per heavy atom. The molecule has 1 amide bonds. The van der Waals surface area contributed by atoms with Crippen LogP contribution in [0.4, 0.5) is 0 Å². The quantitative estimate of drug-likeness (QED) is 0.847. The molecule has 2 N–H and O–H groups in total. The highest BCUT2D eigenvalue weighted by Crippen LogP contribution is 2.19. The van der Waals surface area contributed by atoms with Gasteiger partial charge in [-0.25, -0.2) is 13.1 Å². The zero-order valence-electron chi connectivity index (χ0n) is 11.0. The molecule has 0 spiro atoms. The van der Waals surface area contributed by atoms with Crippen LogP contribution in [0, 0.1) is 6.92 Å². The van der Waals surface area contributed by atoms with Gasteiger partial charge in [0, 0.05) is 10.5 Å². The van der Waals surface area contributed by atoms with Crippen molar-refractivity contribution in [2.45, 2.75) is 31.7 Å². The van der Waals surface area contributed by atoms with E-state index < -0.39 is 10.0 Å². The number of aryl methyl sites for hydroxylation is 1. The summed E-state index contributed by atoms with van der Waals surface area (Å²) in [6.07, 6.45) is 0. The molecule has 0 bridgehead atoms. The number of hydrogen-bond acceptors (Lipinski definition) is 3. The van der Waals surface area contributed by atoms with E-state index in [4.69, 9.17) is 0 Å². The molecule has 0 fully saturated rings. The molecule has 0 aliphatic rings. The zero-order chi connectivity index (χ0) is 14.6. The lowest BCUT2D eigenvalue weighted by atomic mass is 10.2. The Bertz CT molecular complexity index is 570. The molecule has 1 rings (SSSR count). The van der Waals surface area contributed by atoms with Gasteiger partial charge in [-0.2, -0.15) is 0 Å². The molecule has 1 aromatic carbocycles. The van der Waals surface area contributed by atoms with Gasteiger partial charge in [0.05, 0.1) is 11.4 Å². The van der Waals surface area contributed by atoms with E-state index in [9.17, 15) is 13.2 Å². The number of carbonyl (C=O) groups excluding carboxylic acids is 1. The number of benzene rings is 1. The van der Waals surface area contributed by atoms with Crippen LogP contribution < -0.4 is 10.0 Å². The van der Waals surface area contributed by atoms with Crippen LogP contribution in [0.3, 0.4) is 0 Å². The molecule has 0 aromatic heterocycles. The van der Waals surface area contributed by atoms with Crippen LogP contribution in [-0.4, -0.2) is 26.9 Å². The van der Waals surface area contributed by atoms with Gasteiger partial charge in [-0.3, -0.25) is 4.79 Å². The van der Waals surface area contributed by atoms with Crippen molar-refractivity contribution < 1.29 is 13.2 Å². The predicted octanol–water partition coefficient (Wildman–Crippen LogP) is 1.56. The number of amides is 1. The van der Waals surface area contributed by atoms with Crippen LogP contribution in [0.5, 0.6) is 0 Å². The Morgan fingerprint density at radius 2 is 2.00 bits per heavy atom. The van der Waals surface area contributed by atoms with E-state index in [2.05, 4.69) is 26.0 Å². The number of rotatable bonds is 5. The Balaban J connectivity index is 2.76. The van der Waals surface area contributed by atoms with Gasteiger partial charge in [0.2, 0.25) is 15.9 Å². The summed E-state index contributed by atoms with van der Waals surface area (Å²) in [5.41, 5.74) is 0.814. The van der Waals surface area contributed by atoms with Crippen molar-refractivity contribution in [2.24, 2.45) is 0 Å². The maximum absolute atomic E-state index is 12.0. The molecule has 1 aromatic rings. The molecule has 0 heterocycles. The maximum Gasteiger partial charge on any atom is 0.241 e. The Kier molecular flexibility index (Phi) is 5.51. The van der Waals surface area contributed by atoms with Crippen LogP contribution in [0.15, 0.2) is 27.6 Å². The first-order chi connectivity index (χ1) is 8.72. The fourth-order valence-electron chi connectivity index (χ4n) is 1.40. The monoisotopic (exact) mass is 348 g/mol. The minimum atomic E-state index is -3.66. The van der Waals surface area contributed by atoms with Gasteiger partial charge < -0.3 is 5.32 Å². The van der Waals surface area contributed by atoms with Gasteiger partial charge in [0.25, 0.3) is 0 Å². The van der Waals surface area contributed by atoms with Crippen molar-refractivity contribution in [3.63, 3.8) is 0 Å². The summed E-state index contributed by atoms with van der Waals surface area (Å²) in [5, 5.41) is 2.61. The van der Waals surface area contributed by atoms with Crippen molar-refractivity contribution in [3.05, 3.63) is 28.2 Å². The second-order valence-corrected chi connectivity index (χ2v) is 7.08. The predicted molar refractivity (Wildman–Crippen MR) is 77.3 cm³/mol. The zero-order valence-corrected chi connectivity index (χ0v) is 13.4. The number of nitrogens with one attached hydrogen (secondary N) is 2. The molecule has 0 saturated heterocycles. The van der Waals surface area contributed by atoms with Gasteiger partial charge in [-0.1, -0.05) is 15.9 Å². The lowest BCUT2D eigenvalue weighted by Crippen LogP contribution is -2.39. The first kappa shape index (κ1) is 16.1. The number of hydrogen-bond donors (Lipinski definition) is 2. The van der Waals surface area contributed by atoms with Crippen molar-refractivity contribution in [3.8, 4) is 0 Å². The SMILES string of the molecule is Cc1cc(S(=O)(=O)NCC(=O)NC(C)C)ccc1Br. The highest BCUT2D eigenvalue weighted by atomic mass is 79.9. The highest BCUT2D eigenvalue weighted by Gasteiger charge is 2.16. The van der Waals surface area contributed by atoms with Gasteiger partial charge in [-0.05, 0) is 44.5 Å². The van der Waals surface area contributed by atoms with Crippen molar-refractivity contribution in [2.75, 3.05) is 6.54 Å². The summed E-state index contributed by atoms with van der Waals surface area (Å²) in [6, 6.07) is 4.68. The average molecular weight is 349 g/mol. The number of sulfonamides is 1. The fraction of sp³-hybridized carbons (Fsp3) is 0.417. The Hall–Kier alpha value is -0.920. The van der Waals surface area contributed by atoms with Gasteiger partial charge in [-0.15, -0.1) is 0 Å². The number of halogens is 1. The van der Waals surface area contributed by atoms with E-state index in [-0.39, 0.29) is 23.4 Å². The minimum absolute atomic E-state index is 0.0214. The second-order valence-electron chi connectivity index (χ2n) is 4.46. The topological polar surface area (TPSA) is 75.3 Å². The van der Waals surface area contributed by atoms with E-state index in [1.165, 1.54) is 6.07 Å². The van der Waals surface area contributed by atoms with Crippen LogP contribution in [0.25, 0.3) is 0 Å². The van der Waals surface area contributed by atoms with Crippen LogP contribution in [0.2, 0.25) is 0 Å². The van der Waals surface area contributed by atoms with Gasteiger partial charge in [0.15, 0.2) is 0 Å². The summed E-state index contributed by atoms with van der Waals surface area (Å²) < 4.78 is 27.1. The molecule has 5 nitrogen and oxygen atoms in total. The average Bonchev–Trinajstić information content (AvgIpc) is 2.29. The smallest absolute Gasteiger partial charge is 0.241 e. The molecule has 7 heteroatoms. The Labute approximate surface area is 122 Å². The summed E-state index contributed by atoms with van der Waals surface area (Å²) in [5.74, 6) is -0.354. The van der Waals surface area contributed by atoms with E-state index in [0.29, 0.717) is 0 Å². The molecular formula is C12H17BrN2O3S. The first-order valence-corrected chi connectivity index (χ1v) is 8.05. The molecule has 19 heavy (non-hydrogen) atoms. The van der Waals surface area contributed by atoms with Crippen molar-refractivity contribution in [1.82, 2.24) is 10.0 Å². The largest absolute Gasteiger partial charge is 0.353 e. The third-order valence-corrected chi connectivity index (χ3v) is 4.60. The van der Waals surface area contributed by atoms with Gasteiger partial charge >= 0.3 is 0 Å². The Morgan fingerprint density at radius 3 is 2.53 bits per heavy atom. The molecule has 0 atom stereocenters. The van der Waals surface area contributed by atoms with Crippen molar-refractivity contribution >= 4 is 31.9 Å². The molecular weight excluding hydrogens is 332 g/mol. The van der Waals surface area contributed by atoms with E-state index in [1.54, 1.807) is 19.1 Å². The van der Waals surface area contributed by atoms with Crippen LogP contribution >= 0.6 is 15.9 Å². The van der Waals surface area contributed by atoms with E-state index >= 15 is 0 Å². The molecule has 0 aliphatic heterocycles. The normalized spacial score (nSPS) is 11.6. The maximum atomic E-state index is 12.0. The summed E-state index contributed by atoms with van der Waals surface area (Å²) in [4.78, 5) is 11.6. The fourth-order valence-corrected chi connectivity index (χ4v) is 2.71. The van der Waals surface area contributed by atoms with Crippen LogP contribution in [0.1, 0.15) is 19.4 Å². The minimum Gasteiger partial charge on any atom is -0.353 e. The van der Waals surface area contributed by atoms with Crippen LogP contribution in [-0.2, 0) is 14.8 Å². The summed E-state index contributed by atoms with van der Waals surface area (Å²) in [6.45, 7) is 5.15. The molecule has 0 saturated carbocycles. The summed E-state index contributed by atoms with van der Waals surface area (Å²) >= 11 is 3.31. The third kappa shape index (κ3) is 4.93.